The standard InChI is InChI=1S/C16H20ClN5O/c1-21-8-6-19-16(21)14-10-18-9-13(20-14)12-3-2-7-22(11-12)15(23)4-5-17/h6,8-10,12H,2-5,7,11H2,1H3. The molecular weight excluding hydrogens is 314 g/mol. The van der Waals surface area contributed by atoms with E-state index in [2.05, 4.69) is 9.97 Å². The number of likely N-dealkylation sites (tertiary alicyclic amines) is 1. The first-order valence-corrected chi connectivity index (χ1v) is 8.36. The number of rotatable bonds is 4. The van der Waals surface area contributed by atoms with Gasteiger partial charge in [0, 0.05) is 56.9 Å². The van der Waals surface area contributed by atoms with E-state index in [4.69, 9.17) is 16.6 Å². The molecule has 0 spiro atoms. The SMILES string of the molecule is Cn1ccnc1-c1cncc(C2CCCN(C(=O)CCCl)C2)n1. The van der Waals surface area contributed by atoms with Crippen LogP contribution in [0.25, 0.3) is 11.5 Å². The summed E-state index contributed by atoms with van der Waals surface area (Å²) in [4.78, 5) is 27.3. The van der Waals surface area contributed by atoms with Gasteiger partial charge in [-0.25, -0.2) is 9.97 Å². The molecule has 3 heterocycles. The van der Waals surface area contributed by atoms with Crippen molar-refractivity contribution in [1.29, 1.82) is 0 Å². The first-order valence-electron chi connectivity index (χ1n) is 7.82. The summed E-state index contributed by atoms with van der Waals surface area (Å²) >= 11 is 5.68. The monoisotopic (exact) mass is 333 g/mol. The first-order chi connectivity index (χ1) is 11.2. The lowest BCUT2D eigenvalue weighted by molar-refractivity contribution is -0.132. The number of halogens is 1. The predicted molar refractivity (Wildman–Crippen MR) is 88.1 cm³/mol. The third-order valence-corrected chi connectivity index (χ3v) is 4.39. The van der Waals surface area contributed by atoms with Crippen LogP contribution in [0.15, 0.2) is 24.8 Å². The van der Waals surface area contributed by atoms with Crippen LogP contribution < -0.4 is 0 Å². The Kier molecular flexibility index (Phi) is 4.91. The van der Waals surface area contributed by atoms with E-state index in [1.807, 2.05) is 22.7 Å². The molecular formula is C16H20ClN5O. The van der Waals surface area contributed by atoms with Crippen LogP contribution in [0.2, 0.25) is 0 Å². The van der Waals surface area contributed by atoms with Gasteiger partial charge in [0.25, 0.3) is 0 Å². The molecule has 0 aliphatic carbocycles. The number of aryl methyl sites for hydroxylation is 1. The summed E-state index contributed by atoms with van der Waals surface area (Å²) in [6, 6.07) is 0. The maximum Gasteiger partial charge on any atom is 0.223 e. The summed E-state index contributed by atoms with van der Waals surface area (Å²) in [6.45, 7) is 1.49. The zero-order valence-electron chi connectivity index (χ0n) is 13.2. The molecule has 3 rings (SSSR count). The Balaban J connectivity index is 1.79. The highest BCUT2D eigenvalue weighted by atomic mass is 35.5. The molecule has 1 fully saturated rings. The molecule has 122 valence electrons. The normalized spacial score (nSPS) is 18.2. The summed E-state index contributed by atoms with van der Waals surface area (Å²) < 4.78 is 1.92. The fourth-order valence-electron chi connectivity index (χ4n) is 2.98. The number of amides is 1. The number of hydrogen-bond acceptors (Lipinski definition) is 4. The molecule has 1 saturated heterocycles. The Morgan fingerprint density at radius 3 is 3.04 bits per heavy atom. The largest absolute Gasteiger partial charge is 0.342 e. The van der Waals surface area contributed by atoms with Crippen LogP contribution in [0.3, 0.4) is 0 Å². The van der Waals surface area contributed by atoms with Gasteiger partial charge < -0.3 is 9.47 Å². The summed E-state index contributed by atoms with van der Waals surface area (Å²) in [6.07, 6.45) is 9.55. The molecule has 0 radical (unpaired) electrons. The molecule has 1 unspecified atom stereocenters. The van der Waals surface area contributed by atoms with E-state index in [1.165, 1.54) is 0 Å². The van der Waals surface area contributed by atoms with Gasteiger partial charge in [-0.1, -0.05) is 0 Å². The number of piperidine rings is 1. The van der Waals surface area contributed by atoms with Crippen LogP contribution in [0.1, 0.15) is 30.9 Å². The third-order valence-electron chi connectivity index (χ3n) is 4.20. The number of aromatic nitrogens is 4. The fraction of sp³-hybridized carbons (Fsp3) is 0.500. The molecule has 1 amide bonds. The van der Waals surface area contributed by atoms with Gasteiger partial charge in [0.1, 0.15) is 5.69 Å². The van der Waals surface area contributed by atoms with Crippen LogP contribution in [-0.2, 0) is 11.8 Å². The van der Waals surface area contributed by atoms with Crippen molar-refractivity contribution < 1.29 is 4.79 Å². The van der Waals surface area contributed by atoms with E-state index in [-0.39, 0.29) is 11.8 Å². The molecule has 6 nitrogen and oxygen atoms in total. The van der Waals surface area contributed by atoms with Crippen molar-refractivity contribution >= 4 is 17.5 Å². The smallest absolute Gasteiger partial charge is 0.223 e. The minimum absolute atomic E-state index is 0.123. The molecule has 1 aliphatic heterocycles. The minimum atomic E-state index is 0.123. The molecule has 7 heteroatoms. The Labute approximate surface area is 140 Å². The van der Waals surface area contributed by atoms with E-state index in [0.29, 0.717) is 18.8 Å². The first kappa shape index (κ1) is 15.9. The molecule has 0 N–H and O–H groups in total. The van der Waals surface area contributed by atoms with Crippen molar-refractivity contribution in [1.82, 2.24) is 24.4 Å². The number of imidazole rings is 1. The average molecular weight is 334 g/mol. The molecule has 1 aliphatic rings. The number of alkyl halides is 1. The van der Waals surface area contributed by atoms with Gasteiger partial charge in [-0.15, -0.1) is 11.6 Å². The Bertz CT molecular complexity index is 687. The fourth-order valence-corrected chi connectivity index (χ4v) is 3.14. The Morgan fingerprint density at radius 2 is 2.30 bits per heavy atom. The van der Waals surface area contributed by atoms with Crippen molar-refractivity contribution in [2.24, 2.45) is 7.05 Å². The van der Waals surface area contributed by atoms with E-state index in [0.717, 1.165) is 36.6 Å². The Hall–Kier alpha value is -1.95. The number of carbonyl (C=O) groups is 1. The summed E-state index contributed by atoms with van der Waals surface area (Å²) in [5, 5.41) is 0. The zero-order chi connectivity index (χ0) is 16.2. The lowest BCUT2D eigenvalue weighted by Gasteiger charge is -2.32. The summed E-state index contributed by atoms with van der Waals surface area (Å²) in [5.74, 6) is 1.51. The highest BCUT2D eigenvalue weighted by molar-refractivity contribution is 6.18. The van der Waals surface area contributed by atoms with Crippen LogP contribution >= 0.6 is 11.6 Å². The second-order valence-corrected chi connectivity index (χ2v) is 6.19. The van der Waals surface area contributed by atoms with Gasteiger partial charge in [0.2, 0.25) is 5.91 Å². The van der Waals surface area contributed by atoms with Gasteiger partial charge >= 0.3 is 0 Å². The maximum atomic E-state index is 12.1. The van der Waals surface area contributed by atoms with Crippen LogP contribution in [0.4, 0.5) is 0 Å². The minimum Gasteiger partial charge on any atom is -0.342 e. The van der Waals surface area contributed by atoms with Crippen molar-refractivity contribution in [3.63, 3.8) is 0 Å². The number of hydrogen-bond donors (Lipinski definition) is 0. The maximum absolute atomic E-state index is 12.1. The molecule has 2 aromatic rings. The van der Waals surface area contributed by atoms with Gasteiger partial charge in [-0.05, 0) is 12.8 Å². The zero-order valence-corrected chi connectivity index (χ0v) is 13.9. The van der Waals surface area contributed by atoms with E-state index in [9.17, 15) is 4.79 Å². The predicted octanol–water partition coefficient (Wildman–Crippen LogP) is 2.21. The van der Waals surface area contributed by atoms with Crippen molar-refractivity contribution in [2.75, 3.05) is 19.0 Å². The Morgan fingerprint density at radius 1 is 1.43 bits per heavy atom. The van der Waals surface area contributed by atoms with Crippen LogP contribution in [0, 0.1) is 0 Å². The molecule has 0 saturated carbocycles. The molecule has 1 atom stereocenters. The van der Waals surface area contributed by atoms with Gasteiger partial charge in [-0.3, -0.25) is 9.78 Å². The van der Waals surface area contributed by atoms with Gasteiger partial charge in [0.15, 0.2) is 5.82 Å². The second kappa shape index (κ2) is 7.08. The lowest BCUT2D eigenvalue weighted by atomic mass is 9.94. The lowest BCUT2D eigenvalue weighted by Crippen LogP contribution is -2.39. The third kappa shape index (κ3) is 3.52. The average Bonchev–Trinajstić information content (AvgIpc) is 3.01. The van der Waals surface area contributed by atoms with Crippen molar-refractivity contribution in [3.05, 3.63) is 30.5 Å². The van der Waals surface area contributed by atoms with E-state index in [1.54, 1.807) is 18.6 Å². The highest BCUT2D eigenvalue weighted by Gasteiger charge is 2.25. The quantitative estimate of drug-likeness (QED) is 0.805. The molecule has 2 aromatic heterocycles. The van der Waals surface area contributed by atoms with E-state index >= 15 is 0 Å². The van der Waals surface area contributed by atoms with Crippen LogP contribution in [0.5, 0.6) is 0 Å². The second-order valence-electron chi connectivity index (χ2n) is 5.81. The number of nitrogens with zero attached hydrogens (tertiary/aromatic N) is 5. The van der Waals surface area contributed by atoms with Gasteiger partial charge in [-0.2, -0.15) is 0 Å². The topological polar surface area (TPSA) is 63.9 Å². The van der Waals surface area contributed by atoms with E-state index < -0.39 is 0 Å². The van der Waals surface area contributed by atoms with Crippen molar-refractivity contribution in [3.8, 4) is 11.5 Å². The molecule has 0 aromatic carbocycles. The van der Waals surface area contributed by atoms with Gasteiger partial charge in [0.05, 0.1) is 11.9 Å². The summed E-state index contributed by atoms with van der Waals surface area (Å²) in [5.41, 5.74) is 1.69. The highest BCUT2D eigenvalue weighted by Crippen LogP contribution is 2.27. The molecule has 0 bridgehead atoms. The summed E-state index contributed by atoms with van der Waals surface area (Å²) in [7, 11) is 1.93. The molecule has 23 heavy (non-hydrogen) atoms. The number of carbonyl (C=O) groups excluding carboxylic acids is 1. The van der Waals surface area contributed by atoms with Crippen molar-refractivity contribution in [2.45, 2.75) is 25.2 Å². The van der Waals surface area contributed by atoms with Crippen LogP contribution in [-0.4, -0.2) is 49.3 Å².